The van der Waals surface area contributed by atoms with Crippen LogP contribution in [0.3, 0.4) is 0 Å². The second-order valence-corrected chi connectivity index (χ2v) is 6.29. The second-order valence-electron chi connectivity index (χ2n) is 5.05. The highest BCUT2D eigenvalue weighted by Crippen LogP contribution is 2.34. The Labute approximate surface area is 130 Å². The van der Waals surface area contributed by atoms with Gasteiger partial charge in [-0.3, -0.25) is 0 Å². The van der Waals surface area contributed by atoms with Crippen LogP contribution in [0.1, 0.15) is 37.3 Å². The molecule has 1 aromatic heterocycles. The fourth-order valence-electron chi connectivity index (χ4n) is 2.63. The van der Waals surface area contributed by atoms with E-state index < -0.39 is 0 Å². The van der Waals surface area contributed by atoms with Gasteiger partial charge in [0.2, 0.25) is 0 Å². The lowest BCUT2D eigenvalue weighted by Crippen LogP contribution is -2.00. The number of aromatic nitrogens is 2. The first kappa shape index (κ1) is 14.0. The van der Waals surface area contributed by atoms with Crippen molar-refractivity contribution in [3.05, 3.63) is 45.4 Å². The van der Waals surface area contributed by atoms with Crippen molar-refractivity contribution in [2.24, 2.45) is 0 Å². The molecule has 3 rings (SSSR count). The van der Waals surface area contributed by atoms with E-state index in [0.29, 0.717) is 21.4 Å². The van der Waals surface area contributed by atoms with Gasteiger partial charge in [-0.25, -0.2) is 14.4 Å². The molecule has 104 valence electrons. The number of nitrogens with zero attached hydrogens (tertiary/aromatic N) is 2. The van der Waals surface area contributed by atoms with Gasteiger partial charge < -0.3 is 0 Å². The summed E-state index contributed by atoms with van der Waals surface area (Å²) in [5.74, 6) is 0.727. The van der Waals surface area contributed by atoms with E-state index in [1.54, 1.807) is 12.1 Å². The van der Waals surface area contributed by atoms with Gasteiger partial charge in [0.25, 0.3) is 0 Å². The Morgan fingerprint density at radius 3 is 2.60 bits per heavy atom. The number of hydrogen-bond acceptors (Lipinski definition) is 2. The van der Waals surface area contributed by atoms with Gasteiger partial charge in [-0.2, -0.15) is 0 Å². The lowest BCUT2D eigenvalue weighted by atomic mass is 10.0. The molecular weight excluding hydrogens is 343 g/mol. The maximum Gasteiger partial charge on any atom is 0.161 e. The maximum absolute atomic E-state index is 13.3. The molecule has 0 N–H and O–H groups in total. The van der Waals surface area contributed by atoms with Crippen LogP contribution in [0.2, 0.25) is 5.15 Å². The zero-order valence-electron chi connectivity index (χ0n) is 10.7. The van der Waals surface area contributed by atoms with Crippen molar-refractivity contribution in [3.63, 3.8) is 0 Å². The monoisotopic (exact) mass is 354 g/mol. The molecule has 0 bridgehead atoms. The Morgan fingerprint density at radius 1 is 1.15 bits per heavy atom. The maximum atomic E-state index is 13.3. The van der Waals surface area contributed by atoms with Crippen molar-refractivity contribution in [1.82, 2.24) is 9.97 Å². The minimum atomic E-state index is -0.299. The Kier molecular flexibility index (Phi) is 4.03. The molecule has 1 aliphatic carbocycles. The van der Waals surface area contributed by atoms with E-state index >= 15 is 0 Å². The Bertz CT molecular complexity index is 642. The molecule has 1 aromatic carbocycles. The van der Waals surface area contributed by atoms with Crippen molar-refractivity contribution in [3.8, 4) is 11.4 Å². The third-order valence-electron chi connectivity index (χ3n) is 3.67. The van der Waals surface area contributed by atoms with E-state index in [-0.39, 0.29) is 5.82 Å². The molecule has 0 saturated heterocycles. The molecule has 1 aliphatic rings. The van der Waals surface area contributed by atoms with Crippen LogP contribution in [0.15, 0.2) is 28.7 Å². The second kappa shape index (κ2) is 5.78. The molecule has 2 nitrogen and oxygen atoms in total. The summed E-state index contributed by atoms with van der Waals surface area (Å²) < 4.78 is 13.7. The summed E-state index contributed by atoms with van der Waals surface area (Å²) in [5.41, 5.74) is 1.76. The van der Waals surface area contributed by atoms with Crippen molar-refractivity contribution in [2.45, 2.75) is 31.6 Å². The largest absolute Gasteiger partial charge is 0.233 e. The predicted molar refractivity (Wildman–Crippen MR) is 81.3 cm³/mol. The summed E-state index contributed by atoms with van der Waals surface area (Å²) in [6.07, 6.45) is 4.78. The average Bonchev–Trinajstić information content (AvgIpc) is 2.95. The van der Waals surface area contributed by atoms with Crippen LogP contribution in [0, 0.1) is 5.82 Å². The summed E-state index contributed by atoms with van der Waals surface area (Å²) in [5, 5.41) is 0.442. The van der Waals surface area contributed by atoms with Gasteiger partial charge in [-0.1, -0.05) is 24.4 Å². The molecule has 0 atom stereocenters. The molecule has 0 unspecified atom stereocenters. The minimum Gasteiger partial charge on any atom is -0.233 e. The molecule has 2 aromatic rings. The summed E-state index contributed by atoms with van der Waals surface area (Å²) in [4.78, 5) is 8.88. The average molecular weight is 356 g/mol. The first-order valence-electron chi connectivity index (χ1n) is 6.63. The van der Waals surface area contributed by atoms with Crippen LogP contribution in [0.25, 0.3) is 11.4 Å². The van der Waals surface area contributed by atoms with Gasteiger partial charge in [0.15, 0.2) is 5.82 Å². The molecule has 1 saturated carbocycles. The Balaban J connectivity index is 2.02. The molecular formula is C15H13BrClFN2. The summed E-state index contributed by atoms with van der Waals surface area (Å²) in [7, 11) is 0. The lowest BCUT2D eigenvalue weighted by Gasteiger charge is -2.11. The van der Waals surface area contributed by atoms with Crippen molar-refractivity contribution in [1.29, 1.82) is 0 Å². The topological polar surface area (TPSA) is 25.8 Å². The zero-order chi connectivity index (χ0) is 14.1. The third kappa shape index (κ3) is 2.86. The number of hydrogen-bond donors (Lipinski definition) is 0. The van der Waals surface area contributed by atoms with E-state index in [1.807, 2.05) is 6.07 Å². The zero-order valence-corrected chi connectivity index (χ0v) is 13.1. The number of halogens is 3. The summed E-state index contributed by atoms with van der Waals surface area (Å²) >= 11 is 9.30. The summed E-state index contributed by atoms with van der Waals surface area (Å²) in [6, 6.07) is 6.60. The first-order chi connectivity index (χ1) is 9.63. The van der Waals surface area contributed by atoms with Gasteiger partial charge in [-0.15, -0.1) is 0 Å². The van der Waals surface area contributed by atoms with Crippen molar-refractivity contribution in [2.75, 3.05) is 0 Å². The number of rotatable bonds is 2. The van der Waals surface area contributed by atoms with Gasteiger partial charge in [0.1, 0.15) is 11.0 Å². The van der Waals surface area contributed by atoms with E-state index in [4.69, 9.17) is 11.6 Å². The minimum absolute atomic E-state index is 0.299. The van der Waals surface area contributed by atoms with E-state index in [2.05, 4.69) is 25.9 Å². The standard InChI is InChI=1S/C15H13BrClFN2/c16-11-7-10(5-6-12(11)18)15-19-13(8-14(17)20-15)9-3-1-2-4-9/h5-9H,1-4H2. The van der Waals surface area contributed by atoms with Crippen LogP contribution in [0.5, 0.6) is 0 Å². The fraction of sp³-hybridized carbons (Fsp3) is 0.333. The van der Waals surface area contributed by atoms with E-state index in [9.17, 15) is 4.39 Å². The van der Waals surface area contributed by atoms with Crippen LogP contribution in [-0.4, -0.2) is 9.97 Å². The lowest BCUT2D eigenvalue weighted by molar-refractivity contribution is 0.621. The van der Waals surface area contributed by atoms with Crippen LogP contribution in [-0.2, 0) is 0 Å². The van der Waals surface area contributed by atoms with Crippen LogP contribution < -0.4 is 0 Å². The van der Waals surface area contributed by atoms with Gasteiger partial charge in [0.05, 0.1) is 4.47 Å². The molecule has 0 spiro atoms. The van der Waals surface area contributed by atoms with Crippen molar-refractivity contribution >= 4 is 27.5 Å². The molecule has 5 heteroatoms. The fourth-order valence-corrected chi connectivity index (χ4v) is 3.20. The molecule has 20 heavy (non-hydrogen) atoms. The van der Waals surface area contributed by atoms with Crippen LogP contribution in [0.4, 0.5) is 4.39 Å². The third-order valence-corrected chi connectivity index (χ3v) is 4.47. The normalized spacial score (nSPS) is 15.8. The molecule has 1 heterocycles. The molecule has 0 aliphatic heterocycles. The predicted octanol–water partition coefficient (Wildman–Crippen LogP) is 5.36. The van der Waals surface area contributed by atoms with Gasteiger partial charge >= 0.3 is 0 Å². The molecule has 1 fully saturated rings. The molecule has 0 radical (unpaired) electrons. The summed E-state index contributed by atoms with van der Waals surface area (Å²) in [6.45, 7) is 0. The number of benzene rings is 1. The molecule has 0 amide bonds. The highest BCUT2D eigenvalue weighted by molar-refractivity contribution is 9.10. The van der Waals surface area contributed by atoms with Crippen molar-refractivity contribution < 1.29 is 4.39 Å². The highest BCUT2D eigenvalue weighted by Gasteiger charge is 2.20. The van der Waals surface area contributed by atoms with E-state index in [1.165, 1.54) is 18.9 Å². The Morgan fingerprint density at radius 2 is 1.90 bits per heavy atom. The highest BCUT2D eigenvalue weighted by atomic mass is 79.9. The van der Waals surface area contributed by atoms with Crippen LogP contribution >= 0.6 is 27.5 Å². The van der Waals surface area contributed by atoms with Gasteiger partial charge in [-0.05, 0) is 53.0 Å². The first-order valence-corrected chi connectivity index (χ1v) is 7.80. The van der Waals surface area contributed by atoms with Gasteiger partial charge in [0, 0.05) is 17.2 Å². The smallest absolute Gasteiger partial charge is 0.161 e. The quantitative estimate of drug-likeness (QED) is 0.678. The van der Waals surface area contributed by atoms with E-state index in [0.717, 1.165) is 24.1 Å². The Hall–Kier alpha value is -1.00. The SMILES string of the molecule is Fc1ccc(-c2nc(Cl)cc(C3CCCC3)n2)cc1Br.